The number of hydrogen-bond acceptors (Lipinski definition) is 3. The first-order chi connectivity index (χ1) is 9.58. The lowest BCUT2D eigenvalue weighted by atomic mass is 9.95. The SMILES string of the molecule is CSC1CCCC(NC(=O)NC2CCC(C(=O)O)C2)C1. The lowest BCUT2D eigenvalue weighted by molar-refractivity contribution is -0.141. The summed E-state index contributed by atoms with van der Waals surface area (Å²) in [4.78, 5) is 22.9. The van der Waals surface area contributed by atoms with Crippen molar-refractivity contribution in [1.82, 2.24) is 10.6 Å². The summed E-state index contributed by atoms with van der Waals surface area (Å²) < 4.78 is 0. The third-order valence-electron chi connectivity index (χ3n) is 4.41. The molecule has 2 rings (SSSR count). The van der Waals surface area contributed by atoms with E-state index in [0.29, 0.717) is 18.1 Å². The van der Waals surface area contributed by atoms with Crippen LogP contribution in [0.5, 0.6) is 0 Å². The fourth-order valence-electron chi connectivity index (χ4n) is 3.24. The smallest absolute Gasteiger partial charge is 0.315 e. The van der Waals surface area contributed by atoms with Crippen LogP contribution in [0.1, 0.15) is 44.9 Å². The number of carbonyl (C=O) groups excluding carboxylic acids is 1. The third-order valence-corrected chi connectivity index (χ3v) is 5.51. The maximum Gasteiger partial charge on any atom is 0.315 e. The van der Waals surface area contributed by atoms with Crippen molar-refractivity contribution in [3.8, 4) is 0 Å². The number of amides is 2. The predicted octanol–water partition coefficient (Wildman–Crippen LogP) is 2.21. The standard InChI is InChI=1S/C14H24N2O3S/c1-20-12-4-2-3-10(8-12)15-14(19)16-11-6-5-9(7-11)13(17)18/h9-12H,2-8H2,1H3,(H,17,18)(H2,15,16,19). The molecular weight excluding hydrogens is 276 g/mol. The monoisotopic (exact) mass is 300 g/mol. The molecule has 0 radical (unpaired) electrons. The number of thioether (sulfide) groups is 1. The summed E-state index contributed by atoms with van der Waals surface area (Å²) in [5.74, 6) is -1.04. The van der Waals surface area contributed by atoms with Gasteiger partial charge in [0.1, 0.15) is 0 Å². The van der Waals surface area contributed by atoms with Crippen LogP contribution >= 0.6 is 11.8 Å². The number of carboxylic acid groups (broad SMARTS) is 1. The molecule has 114 valence electrons. The normalized spacial score (nSPS) is 33.6. The van der Waals surface area contributed by atoms with Gasteiger partial charge in [-0.25, -0.2) is 4.79 Å². The van der Waals surface area contributed by atoms with Gasteiger partial charge in [0.2, 0.25) is 0 Å². The van der Waals surface area contributed by atoms with E-state index in [1.165, 1.54) is 12.8 Å². The highest BCUT2D eigenvalue weighted by Gasteiger charge is 2.31. The van der Waals surface area contributed by atoms with E-state index in [9.17, 15) is 9.59 Å². The second-order valence-corrected chi connectivity index (χ2v) is 7.02. The van der Waals surface area contributed by atoms with Crippen molar-refractivity contribution in [2.45, 2.75) is 62.3 Å². The molecule has 4 unspecified atom stereocenters. The van der Waals surface area contributed by atoms with Gasteiger partial charge >= 0.3 is 12.0 Å². The van der Waals surface area contributed by atoms with Crippen molar-refractivity contribution in [3.05, 3.63) is 0 Å². The Labute approximate surface area is 124 Å². The number of hydrogen-bond donors (Lipinski definition) is 3. The maximum absolute atomic E-state index is 12.0. The third kappa shape index (κ3) is 4.30. The van der Waals surface area contributed by atoms with Crippen molar-refractivity contribution < 1.29 is 14.7 Å². The average Bonchev–Trinajstić information content (AvgIpc) is 2.87. The van der Waals surface area contributed by atoms with Crippen molar-refractivity contribution in [3.63, 3.8) is 0 Å². The zero-order valence-electron chi connectivity index (χ0n) is 11.9. The van der Waals surface area contributed by atoms with Gasteiger partial charge in [0.25, 0.3) is 0 Å². The second kappa shape index (κ2) is 7.20. The highest BCUT2D eigenvalue weighted by Crippen LogP contribution is 2.27. The van der Waals surface area contributed by atoms with E-state index in [1.807, 2.05) is 11.8 Å². The zero-order chi connectivity index (χ0) is 14.5. The highest BCUT2D eigenvalue weighted by molar-refractivity contribution is 7.99. The second-order valence-electron chi connectivity index (χ2n) is 5.88. The number of nitrogens with one attached hydrogen (secondary N) is 2. The summed E-state index contributed by atoms with van der Waals surface area (Å²) in [7, 11) is 0. The fourth-order valence-corrected chi connectivity index (χ4v) is 4.07. The molecule has 0 aromatic carbocycles. The molecule has 2 fully saturated rings. The molecule has 0 heterocycles. The molecule has 2 aliphatic carbocycles. The van der Waals surface area contributed by atoms with Crippen LogP contribution in [0.25, 0.3) is 0 Å². The van der Waals surface area contributed by atoms with E-state index in [4.69, 9.17) is 5.11 Å². The maximum atomic E-state index is 12.0. The summed E-state index contributed by atoms with van der Waals surface area (Å²) in [5.41, 5.74) is 0. The molecule has 0 bridgehead atoms. The predicted molar refractivity (Wildman–Crippen MR) is 80.0 cm³/mol. The van der Waals surface area contributed by atoms with Crippen LogP contribution in [0.2, 0.25) is 0 Å². The minimum atomic E-state index is -0.746. The molecular formula is C14H24N2O3S. The van der Waals surface area contributed by atoms with Gasteiger partial charge in [-0.1, -0.05) is 6.42 Å². The minimum Gasteiger partial charge on any atom is -0.481 e. The fraction of sp³-hybridized carbons (Fsp3) is 0.857. The molecule has 0 spiro atoms. The van der Waals surface area contributed by atoms with Crippen LogP contribution in [0.15, 0.2) is 0 Å². The van der Waals surface area contributed by atoms with E-state index >= 15 is 0 Å². The van der Waals surface area contributed by atoms with Crippen LogP contribution in [0.3, 0.4) is 0 Å². The van der Waals surface area contributed by atoms with Gasteiger partial charge in [-0.3, -0.25) is 4.79 Å². The number of rotatable bonds is 4. The quantitative estimate of drug-likeness (QED) is 0.744. The summed E-state index contributed by atoms with van der Waals surface area (Å²) in [6, 6.07) is 0.140. The highest BCUT2D eigenvalue weighted by atomic mass is 32.2. The first-order valence-electron chi connectivity index (χ1n) is 7.41. The summed E-state index contributed by atoms with van der Waals surface area (Å²) >= 11 is 1.88. The Kier molecular flexibility index (Phi) is 5.57. The Morgan fingerprint density at radius 1 is 1.05 bits per heavy atom. The van der Waals surface area contributed by atoms with Gasteiger partial charge in [-0.15, -0.1) is 0 Å². The Balaban J connectivity index is 1.71. The van der Waals surface area contributed by atoms with Crippen molar-refractivity contribution in [1.29, 1.82) is 0 Å². The molecule has 2 aliphatic rings. The molecule has 0 aromatic heterocycles. The lowest BCUT2D eigenvalue weighted by Crippen LogP contribution is -2.47. The molecule has 5 nitrogen and oxygen atoms in total. The Hall–Kier alpha value is -0.910. The number of urea groups is 1. The molecule has 3 N–H and O–H groups in total. The molecule has 4 atom stereocenters. The van der Waals surface area contributed by atoms with E-state index in [2.05, 4.69) is 16.9 Å². The molecule has 2 saturated carbocycles. The number of carbonyl (C=O) groups is 2. The van der Waals surface area contributed by atoms with E-state index in [-0.39, 0.29) is 24.0 Å². The van der Waals surface area contributed by atoms with Crippen molar-refractivity contribution >= 4 is 23.8 Å². The molecule has 0 saturated heterocycles. The van der Waals surface area contributed by atoms with Crippen LogP contribution in [0.4, 0.5) is 4.79 Å². The van der Waals surface area contributed by atoms with Gasteiger partial charge in [0.15, 0.2) is 0 Å². The Morgan fingerprint density at radius 2 is 1.75 bits per heavy atom. The topological polar surface area (TPSA) is 78.4 Å². The largest absolute Gasteiger partial charge is 0.481 e. The molecule has 6 heteroatoms. The first kappa shape index (κ1) is 15.5. The molecule has 0 aliphatic heterocycles. The van der Waals surface area contributed by atoms with E-state index in [1.54, 1.807) is 0 Å². The molecule has 2 amide bonds. The summed E-state index contributed by atoms with van der Waals surface area (Å²) in [5, 5.41) is 15.6. The van der Waals surface area contributed by atoms with Crippen molar-refractivity contribution in [2.24, 2.45) is 5.92 Å². The minimum absolute atomic E-state index is 0.0102. The van der Waals surface area contributed by atoms with Gasteiger partial charge in [0.05, 0.1) is 5.92 Å². The number of carboxylic acids is 1. The summed E-state index contributed by atoms with van der Waals surface area (Å²) in [6.45, 7) is 0. The van der Waals surface area contributed by atoms with Gasteiger partial charge in [-0.05, 0) is 44.8 Å². The van der Waals surface area contributed by atoms with E-state index < -0.39 is 5.97 Å². The van der Waals surface area contributed by atoms with Gasteiger partial charge in [-0.2, -0.15) is 11.8 Å². The van der Waals surface area contributed by atoms with Crippen molar-refractivity contribution in [2.75, 3.05) is 6.26 Å². The number of aliphatic carboxylic acids is 1. The molecule has 0 aromatic rings. The van der Waals surface area contributed by atoms with Gasteiger partial charge in [0, 0.05) is 17.3 Å². The van der Waals surface area contributed by atoms with Crippen LogP contribution in [-0.4, -0.2) is 40.7 Å². The summed E-state index contributed by atoms with van der Waals surface area (Å²) in [6.07, 6.45) is 8.61. The Bertz CT molecular complexity index is 364. The van der Waals surface area contributed by atoms with Crippen LogP contribution < -0.4 is 10.6 Å². The lowest BCUT2D eigenvalue weighted by Gasteiger charge is -2.29. The van der Waals surface area contributed by atoms with Gasteiger partial charge < -0.3 is 15.7 Å². The first-order valence-corrected chi connectivity index (χ1v) is 8.70. The average molecular weight is 300 g/mol. The molecule has 20 heavy (non-hydrogen) atoms. The zero-order valence-corrected chi connectivity index (χ0v) is 12.7. The van der Waals surface area contributed by atoms with Crippen LogP contribution in [-0.2, 0) is 4.79 Å². The van der Waals surface area contributed by atoms with E-state index in [0.717, 1.165) is 19.3 Å². The van der Waals surface area contributed by atoms with Crippen LogP contribution in [0, 0.1) is 5.92 Å². The Morgan fingerprint density at radius 3 is 2.35 bits per heavy atom.